The van der Waals surface area contributed by atoms with Gasteiger partial charge in [-0.1, -0.05) is 23.8 Å². The van der Waals surface area contributed by atoms with Crippen LogP contribution >= 0.6 is 0 Å². The molecule has 0 bridgehead atoms. The summed E-state index contributed by atoms with van der Waals surface area (Å²) in [6, 6.07) is 4.83. The molecule has 0 aromatic heterocycles. The Morgan fingerprint density at radius 1 is 1.00 bits per heavy atom. The van der Waals surface area contributed by atoms with Crippen LogP contribution in [0.15, 0.2) is 24.3 Å². The summed E-state index contributed by atoms with van der Waals surface area (Å²) in [4.78, 5) is 0. The first-order valence-corrected chi connectivity index (χ1v) is 4.76. The fourth-order valence-electron chi connectivity index (χ4n) is 1.71. The second kappa shape index (κ2) is 3.68. The first kappa shape index (κ1) is 11.8. The van der Waals surface area contributed by atoms with E-state index in [1.54, 1.807) is 6.92 Å². The van der Waals surface area contributed by atoms with E-state index in [9.17, 15) is 22.0 Å². The standard InChI is InChI=1S/C12H7F5/c1-6-2-3-8-7(4-6)5-9(13)10(11(8)14)12(15,16)17/h2-5H,1H3. The third-order valence-corrected chi connectivity index (χ3v) is 2.47. The number of halogens is 5. The Morgan fingerprint density at radius 2 is 1.65 bits per heavy atom. The summed E-state index contributed by atoms with van der Waals surface area (Å²) in [5.74, 6) is -3.15. The lowest BCUT2D eigenvalue weighted by Gasteiger charge is -2.11. The fourth-order valence-corrected chi connectivity index (χ4v) is 1.71. The minimum atomic E-state index is -5.03. The third kappa shape index (κ3) is 1.97. The summed E-state index contributed by atoms with van der Waals surface area (Å²) in [5, 5.41) is -0.114. The van der Waals surface area contributed by atoms with Crippen molar-refractivity contribution in [1.82, 2.24) is 0 Å². The maximum absolute atomic E-state index is 13.6. The highest BCUT2D eigenvalue weighted by molar-refractivity contribution is 5.84. The summed E-state index contributed by atoms with van der Waals surface area (Å²) < 4.78 is 64.2. The molecule has 0 heterocycles. The van der Waals surface area contributed by atoms with Crippen molar-refractivity contribution in [3.05, 3.63) is 47.0 Å². The molecule has 0 fully saturated rings. The van der Waals surface area contributed by atoms with Crippen LogP contribution in [-0.4, -0.2) is 0 Å². The molecule has 17 heavy (non-hydrogen) atoms. The highest BCUT2D eigenvalue weighted by Gasteiger charge is 2.38. The van der Waals surface area contributed by atoms with Gasteiger partial charge in [0.2, 0.25) is 0 Å². The number of fused-ring (bicyclic) bond motifs is 1. The number of aryl methyl sites for hydroxylation is 1. The number of rotatable bonds is 0. The van der Waals surface area contributed by atoms with E-state index in [0.29, 0.717) is 6.07 Å². The lowest BCUT2D eigenvalue weighted by Crippen LogP contribution is -2.11. The molecule has 0 N–H and O–H groups in total. The molecule has 0 spiro atoms. The van der Waals surface area contributed by atoms with Crippen molar-refractivity contribution in [3.63, 3.8) is 0 Å². The van der Waals surface area contributed by atoms with Crippen LogP contribution in [0.3, 0.4) is 0 Å². The Bertz CT molecular complexity index is 583. The van der Waals surface area contributed by atoms with Crippen LogP contribution in [0.5, 0.6) is 0 Å². The van der Waals surface area contributed by atoms with Gasteiger partial charge in [-0.15, -0.1) is 0 Å². The Kier molecular flexibility index (Phi) is 2.56. The zero-order chi connectivity index (χ0) is 12.8. The van der Waals surface area contributed by atoms with Gasteiger partial charge in [-0.2, -0.15) is 13.2 Å². The molecule has 2 rings (SSSR count). The van der Waals surface area contributed by atoms with Crippen molar-refractivity contribution in [1.29, 1.82) is 0 Å². The van der Waals surface area contributed by atoms with E-state index in [4.69, 9.17) is 0 Å². The highest BCUT2D eigenvalue weighted by atomic mass is 19.4. The second-order valence-electron chi connectivity index (χ2n) is 3.77. The zero-order valence-corrected chi connectivity index (χ0v) is 8.70. The maximum Gasteiger partial charge on any atom is 0.422 e. The van der Waals surface area contributed by atoms with Gasteiger partial charge in [0.05, 0.1) is 0 Å². The topological polar surface area (TPSA) is 0 Å². The normalized spacial score (nSPS) is 12.1. The van der Waals surface area contributed by atoms with Crippen molar-refractivity contribution < 1.29 is 22.0 Å². The van der Waals surface area contributed by atoms with Crippen LogP contribution in [0.2, 0.25) is 0 Å². The van der Waals surface area contributed by atoms with Gasteiger partial charge in [-0.25, -0.2) is 8.78 Å². The van der Waals surface area contributed by atoms with E-state index in [-0.39, 0.29) is 10.8 Å². The van der Waals surface area contributed by atoms with Gasteiger partial charge < -0.3 is 0 Å². The van der Waals surface area contributed by atoms with Crippen LogP contribution in [-0.2, 0) is 6.18 Å². The van der Waals surface area contributed by atoms with Crippen LogP contribution in [0.4, 0.5) is 22.0 Å². The summed E-state index contributed by atoms with van der Waals surface area (Å²) in [6.45, 7) is 1.69. The molecule has 0 amide bonds. The molecule has 2 aromatic carbocycles. The third-order valence-electron chi connectivity index (χ3n) is 2.47. The number of hydrogen-bond acceptors (Lipinski definition) is 0. The smallest absolute Gasteiger partial charge is 0.206 e. The monoisotopic (exact) mass is 246 g/mol. The minimum absolute atomic E-state index is 0.119. The largest absolute Gasteiger partial charge is 0.422 e. The van der Waals surface area contributed by atoms with E-state index < -0.39 is 23.4 Å². The number of alkyl halides is 3. The number of hydrogen-bond donors (Lipinski definition) is 0. The van der Waals surface area contributed by atoms with E-state index in [1.807, 2.05) is 0 Å². The molecule has 0 unspecified atom stereocenters. The van der Waals surface area contributed by atoms with E-state index >= 15 is 0 Å². The van der Waals surface area contributed by atoms with Crippen LogP contribution in [0.1, 0.15) is 11.1 Å². The van der Waals surface area contributed by atoms with E-state index in [0.717, 1.165) is 5.56 Å². The van der Waals surface area contributed by atoms with Gasteiger partial charge in [0.1, 0.15) is 17.2 Å². The quantitative estimate of drug-likeness (QED) is 0.602. The summed E-state index contributed by atoms with van der Waals surface area (Å²) in [5.41, 5.74) is -1.12. The first-order chi connectivity index (χ1) is 7.80. The summed E-state index contributed by atoms with van der Waals surface area (Å²) in [6.07, 6.45) is -5.03. The van der Waals surface area contributed by atoms with E-state index in [2.05, 4.69) is 0 Å². The predicted molar refractivity (Wildman–Crippen MR) is 53.6 cm³/mol. The van der Waals surface area contributed by atoms with Crippen molar-refractivity contribution >= 4 is 10.8 Å². The zero-order valence-electron chi connectivity index (χ0n) is 8.70. The Morgan fingerprint density at radius 3 is 2.24 bits per heavy atom. The Balaban J connectivity index is 2.86. The fraction of sp³-hybridized carbons (Fsp3) is 0.167. The minimum Gasteiger partial charge on any atom is -0.206 e. The van der Waals surface area contributed by atoms with Gasteiger partial charge in [0.15, 0.2) is 0 Å². The molecule has 0 nitrogen and oxygen atoms in total. The van der Waals surface area contributed by atoms with Crippen molar-refractivity contribution in [3.8, 4) is 0 Å². The lowest BCUT2D eigenvalue weighted by atomic mass is 10.0. The average molecular weight is 246 g/mol. The molecule has 0 aliphatic heterocycles. The molecule has 0 atom stereocenters. The molecule has 0 saturated carbocycles. The molecule has 0 saturated heterocycles. The van der Waals surface area contributed by atoms with E-state index in [1.165, 1.54) is 18.2 Å². The van der Waals surface area contributed by atoms with Gasteiger partial charge in [0, 0.05) is 5.39 Å². The first-order valence-electron chi connectivity index (χ1n) is 4.76. The molecule has 0 aliphatic carbocycles. The SMILES string of the molecule is Cc1ccc2c(F)c(C(F)(F)F)c(F)cc2c1. The lowest BCUT2D eigenvalue weighted by molar-refractivity contribution is -0.142. The molecule has 90 valence electrons. The molecule has 0 radical (unpaired) electrons. The second-order valence-corrected chi connectivity index (χ2v) is 3.77. The number of benzene rings is 2. The van der Waals surface area contributed by atoms with Gasteiger partial charge in [0.25, 0.3) is 0 Å². The maximum atomic E-state index is 13.6. The molecule has 2 aromatic rings. The molecule has 0 aliphatic rings. The average Bonchev–Trinajstić information content (AvgIpc) is 2.13. The van der Waals surface area contributed by atoms with Crippen LogP contribution in [0, 0.1) is 18.6 Å². The molecule has 5 heteroatoms. The van der Waals surface area contributed by atoms with Crippen molar-refractivity contribution in [2.45, 2.75) is 13.1 Å². The van der Waals surface area contributed by atoms with Crippen LogP contribution in [0.25, 0.3) is 10.8 Å². The van der Waals surface area contributed by atoms with Gasteiger partial charge in [-0.05, 0) is 18.4 Å². The van der Waals surface area contributed by atoms with Crippen LogP contribution < -0.4 is 0 Å². The van der Waals surface area contributed by atoms with Gasteiger partial charge >= 0.3 is 6.18 Å². The van der Waals surface area contributed by atoms with Crippen molar-refractivity contribution in [2.75, 3.05) is 0 Å². The summed E-state index contributed by atoms with van der Waals surface area (Å²) >= 11 is 0. The molecular formula is C12H7F5. The molecular weight excluding hydrogens is 239 g/mol. The summed E-state index contributed by atoms with van der Waals surface area (Å²) in [7, 11) is 0. The highest BCUT2D eigenvalue weighted by Crippen LogP contribution is 2.36. The Labute approximate surface area is 93.7 Å². The predicted octanol–water partition coefficient (Wildman–Crippen LogP) is 4.45. The van der Waals surface area contributed by atoms with Crippen molar-refractivity contribution in [2.24, 2.45) is 0 Å². The Hall–Kier alpha value is -1.65. The van der Waals surface area contributed by atoms with Gasteiger partial charge in [-0.3, -0.25) is 0 Å².